The van der Waals surface area contributed by atoms with Crippen molar-refractivity contribution in [1.82, 2.24) is 0 Å². The molecule has 0 radical (unpaired) electrons. The second-order valence-electron chi connectivity index (χ2n) is 4.59. The molecule has 0 aliphatic heterocycles. The number of benzene rings is 1. The molecule has 3 aliphatic rings. The van der Waals surface area contributed by atoms with E-state index in [4.69, 9.17) is 0 Å². The van der Waals surface area contributed by atoms with Crippen molar-refractivity contribution in [3.8, 4) is 0 Å². The van der Waals surface area contributed by atoms with E-state index in [1.165, 1.54) is 33.4 Å². The minimum Gasteiger partial charge on any atom is -0.0716 e. The molecule has 1 aromatic rings. The van der Waals surface area contributed by atoms with Gasteiger partial charge in [0.25, 0.3) is 0 Å². The van der Waals surface area contributed by atoms with Gasteiger partial charge in [0.2, 0.25) is 0 Å². The Morgan fingerprint density at radius 1 is 0.882 bits per heavy atom. The molecule has 17 heavy (non-hydrogen) atoms. The minimum atomic E-state index is 1.07. The molecule has 3 aliphatic carbocycles. The zero-order chi connectivity index (χ0) is 11.2. The molecule has 0 atom stereocenters. The lowest BCUT2D eigenvalue weighted by atomic mass is 9.99. The van der Waals surface area contributed by atoms with Crippen molar-refractivity contribution in [2.45, 2.75) is 6.42 Å². The lowest BCUT2D eigenvalue weighted by molar-refractivity contribution is 1.32. The van der Waals surface area contributed by atoms with Gasteiger partial charge in [0.05, 0.1) is 0 Å². The SMILES string of the molecule is C1=C2C3=C(\C=C/C=C\C=C3\C1)c1ccccc12. The Balaban J connectivity index is 2.07. The van der Waals surface area contributed by atoms with Gasteiger partial charge in [-0.25, -0.2) is 0 Å². The summed E-state index contributed by atoms with van der Waals surface area (Å²) in [6.45, 7) is 0. The highest BCUT2D eigenvalue weighted by Crippen LogP contribution is 2.49. The summed E-state index contributed by atoms with van der Waals surface area (Å²) >= 11 is 0. The zero-order valence-electron chi connectivity index (χ0n) is 9.48. The minimum absolute atomic E-state index is 1.07. The molecular formula is C17H12. The van der Waals surface area contributed by atoms with E-state index in [2.05, 4.69) is 60.7 Å². The molecule has 0 saturated heterocycles. The molecule has 0 amide bonds. The first kappa shape index (κ1) is 9.00. The van der Waals surface area contributed by atoms with E-state index in [1.807, 2.05) is 0 Å². The quantitative estimate of drug-likeness (QED) is 0.606. The largest absolute Gasteiger partial charge is 0.0716 e. The van der Waals surface area contributed by atoms with Gasteiger partial charge in [-0.2, -0.15) is 0 Å². The average Bonchev–Trinajstić information content (AvgIpc) is 2.84. The Kier molecular flexibility index (Phi) is 1.70. The van der Waals surface area contributed by atoms with Crippen molar-refractivity contribution in [3.63, 3.8) is 0 Å². The van der Waals surface area contributed by atoms with Gasteiger partial charge < -0.3 is 0 Å². The van der Waals surface area contributed by atoms with Crippen LogP contribution in [0.3, 0.4) is 0 Å². The molecule has 0 heterocycles. The lowest BCUT2D eigenvalue weighted by Crippen LogP contribution is -1.84. The van der Waals surface area contributed by atoms with Crippen LogP contribution in [0.1, 0.15) is 17.5 Å². The molecular weight excluding hydrogens is 204 g/mol. The van der Waals surface area contributed by atoms with E-state index in [-0.39, 0.29) is 0 Å². The van der Waals surface area contributed by atoms with Crippen LogP contribution in [0.15, 0.2) is 71.9 Å². The fourth-order valence-corrected chi connectivity index (χ4v) is 2.95. The molecule has 0 saturated carbocycles. The smallest absolute Gasteiger partial charge is 0.00668 e. The molecule has 80 valence electrons. The van der Waals surface area contributed by atoms with Crippen molar-refractivity contribution in [1.29, 1.82) is 0 Å². The molecule has 0 N–H and O–H groups in total. The molecule has 0 aromatic heterocycles. The Labute approximate surface area is 101 Å². The summed E-state index contributed by atoms with van der Waals surface area (Å²) in [5.41, 5.74) is 8.50. The number of fused-ring (bicyclic) bond motifs is 3. The summed E-state index contributed by atoms with van der Waals surface area (Å²) < 4.78 is 0. The number of hydrogen-bond acceptors (Lipinski definition) is 0. The van der Waals surface area contributed by atoms with Crippen LogP contribution in [0, 0.1) is 0 Å². The average molecular weight is 216 g/mol. The highest BCUT2D eigenvalue weighted by atomic mass is 14.3. The van der Waals surface area contributed by atoms with Crippen LogP contribution >= 0.6 is 0 Å². The Morgan fingerprint density at radius 2 is 1.76 bits per heavy atom. The van der Waals surface area contributed by atoms with E-state index in [0.717, 1.165) is 6.42 Å². The maximum Gasteiger partial charge on any atom is -0.00668 e. The summed E-state index contributed by atoms with van der Waals surface area (Å²) in [4.78, 5) is 0. The van der Waals surface area contributed by atoms with Crippen LogP contribution in [0.4, 0.5) is 0 Å². The van der Waals surface area contributed by atoms with Crippen LogP contribution in [0.25, 0.3) is 11.1 Å². The standard InChI is InChI=1S/C17H12/c1-2-6-12-10-11-16-14-8-5-4-7-13(14)15(9-3-1)17(12)16/h1-9,11H,10H2/b2-1-,3-1?,6-2?,9-3-,12-6-,15-9?. The first-order chi connectivity index (χ1) is 8.45. The molecule has 0 bridgehead atoms. The maximum atomic E-state index is 2.36. The molecule has 0 unspecified atom stereocenters. The van der Waals surface area contributed by atoms with E-state index in [0.29, 0.717) is 0 Å². The van der Waals surface area contributed by atoms with E-state index in [9.17, 15) is 0 Å². The predicted octanol–water partition coefficient (Wildman–Crippen LogP) is 4.29. The van der Waals surface area contributed by atoms with Crippen LogP contribution in [-0.4, -0.2) is 0 Å². The molecule has 1 aromatic carbocycles. The van der Waals surface area contributed by atoms with Gasteiger partial charge in [0, 0.05) is 0 Å². The van der Waals surface area contributed by atoms with Crippen molar-refractivity contribution >= 4 is 11.1 Å². The number of rotatable bonds is 0. The fraction of sp³-hybridized carbons (Fsp3) is 0.0588. The van der Waals surface area contributed by atoms with Crippen molar-refractivity contribution in [2.75, 3.05) is 0 Å². The van der Waals surface area contributed by atoms with Crippen molar-refractivity contribution in [3.05, 3.63) is 83.0 Å². The summed E-state index contributed by atoms with van der Waals surface area (Å²) in [5, 5.41) is 0. The van der Waals surface area contributed by atoms with Gasteiger partial charge >= 0.3 is 0 Å². The summed E-state index contributed by atoms with van der Waals surface area (Å²) in [5.74, 6) is 0. The van der Waals surface area contributed by atoms with E-state index < -0.39 is 0 Å². The van der Waals surface area contributed by atoms with Crippen molar-refractivity contribution < 1.29 is 0 Å². The summed E-state index contributed by atoms with van der Waals surface area (Å²) in [6, 6.07) is 8.71. The Morgan fingerprint density at radius 3 is 2.71 bits per heavy atom. The Hall–Kier alpha value is -2.08. The zero-order valence-corrected chi connectivity index (χ0v) is 9.48. The highest BCUT2D eigenvalue weighted by molar-refractivity contribution is 6.07. The van der Waals surface area contributed by atoms with E-state index in [1.54, 1.807) is 0 Å². The topological polar surface area (TPSA) is 0 Å². The van der Waals surface area contributed by atoms with Crippen LogP contribution in [0.2, 0.25) is 0 Å². The summed E-state index contributed by atoms with van der Waals surface area (Å²) in [7, 11) is 0. The molecule has 0 spiro atoms. The fourth-order valence-electron chi connectivity index (χ4n) is 2.95. The van der Waals surface area contributed by atoms with Gasteiger partial charge in [-0.15, -0.1) is 0 Å². The van der Waals surface area contributed by atoms with Gasteiger partial charge in [0.1, 0.15) is 0 Å². The normalized spacial score (nSPS) is 26.4. The number of allylic oxidation sites excluding steroid dienone is 10. The second kappa shape index (κ2) is 3.21. The van der Waals surface area contributed by atoms with Crippen LogP contribution < -0.4 is 0 Å². The van der Waals surface area contributed by atoms with Gasteiger partial charge in [-0.05, 0) is 39.8 Å². The molecule has 4 rings (SSSR count). The summed E-state index contributed by atoms with van der Waals surface area (Å²) in [6.07, 6.45) is 14.3. The first-order valence-electron chi connectivity index (χ1n) is 6.04. The Bertz CT molecular complexity index is 661. The molecule has 0 nitrogen and oxygen atoms in total. The second-order valence-corrected chi connectivity index (χ2v) is 4.59. The van der Waals surface area contributed by atoms with Gasteiger partial charge in [-0.3, -0.25) is 0 Å². The first-order valence-corrected chi connectivity index (χ1v) is 6.04. The maximum absolute atomic E-state index is 2.36. The highest BCUT2D eigenvalue weighted by Gasteiger charge is 2.29. The third kappa shape index (κ3) is 1.13. The molecule has 0 heteroatoms. The van der Waals surface area contributed by atoms with E-state index >= 15 is 0 Å². The predicted molar refractivity (Wildman–Crippen MR) is 72.3 cm³/mol. The number of hydrogen-bond donors (Lipinski definition) is 0. The molecule has 0 fully saturated rings. The third-order valence-electron chi connectivity index (χ3n) is 3.68. The van der Waals surface area contributed by atoms with Crippen LogP contribution in [-0.2, 0) is 0 Å². The van der Waals surface area contributed by atoms with Gasteiger partial charge in [-0.1, -0.05) is 60.7 Å². The van der Waals surface area contributed by atoms with Crippen LogP contribution in [0.5, 0.6) is 0 Å². The van der Waals surface area contributed by atoms with Crippen molar-refractivity contribution in [2.24, 2.45) is 0 Å². The third-order valence-corrected chi connectivity index (χ3v) is 3.68. The van der Waals surface area contributed by atoms with Gasteiger partial charge in [0.15, 0.2) is 0 Å². The monoisotopic (exact) mass is 216 g/mol. The lowest BCUT2D eigenvalue weighted by Gasteiger charge is -2.05.